The minimum absolute atomic E-state index is 0.713. The van der Waals surface area contributed by atoms with Gasteiger partial charge in [0.15, 0.2) is 10.3 Å². The molecule has 0 unspecified atom stereocenters. The van der Waals surface area contributed by atoms with Gasteiger partial charge in [0.25, 0.3) is 0 Å². The van der Waals surface area contributed by atoms with Crippen molar-refractivity contribution in [3.8, 4) is 0 Å². The third-order valence-corrected chi connectivity index (χ3v) is 1.85. The molecule has 0 saturated carbocycles. The highest BCUT2D eigenvalue weighted by Gasteiger charge is 2.03. The summed E-state index contributed by atoms with van der Waals surface area (Å²) >= 11 is 3.24. The molecular weight excluding hydrogens is 208 g/mol. The third-order valence-electron chi connectivity index (χ3n) is 1.46. The molecule has 11 heavy (non-hydrogen) atoms. The Labute approximate surface area is 71.5 Å². The lowest BCUT2D eigenvalue weighted by atomic mass is 10.3. The van der Waals surface area contributed by atoms with Crippen LogP contribution in [0.5, 0.6) is 0 Å². The van der Waals surface area contributed by atoms with E-state index in [-0.39, 0.29) is 0 Å². The predicted molar refractivity (Wildman–Crippen MR) is 44.2 cm³/mol. The Hall–Kier alpha value is -0.900. The lowest BCUT2D eigenvalue weighted by molar-refractivity contribution is 0.582. The average Bonchev–Trinajstić information content (AvgIpc) is 2.31. The van der Waals surface area contributed by atoms with E-state index in [1.807, 2.05) is 13.0 Å². The molecule has 0 fully saturated rings. The van der Waals surface area contributed by atoms with E-state index in [9.17, 15) is 0 Å². The zero-order chi connectivity index (χ0) is 7.84. The minimum Gasteiger partial charge on any atom is -0.447 e. The number of hydrogen-bond donors (Lipinski definition) is 0. The molecule has 0 aliphatic rings. The summed E-state index contributed by atoms with van der Waals surface area (Å²) in [6, 6.07) is 1.87. The smallest absolute Gasteiger partial charge is 0.170 e. The summed E-state index contributed by atoms with van der Waals surface area (Å²) in [6.45, 7) is 1.87. The first-order valence-corrected chi connectivity index (χ1v) is 3.94. The number of halogens is 1. The molecule has 0 radical (unpaired) electrons. The van der Waals surface area contributed by atoms with Crippen LogP contribution < -0.4 is 0 Å². The van der Waals surface area contributed by atoms with Gasteiger partial charge in [0.1, 0.15) is 5.69 Å². The van der Waals surface area contributed by atoms with E-state index in [1.165, 1.54) is 0 Å². The summed E-state index contributed by atoms with van der Waals surface area (Å²) in [4.78, 5) is 0. The molecule has 2 aromatic rings. The van der Waals surface area contributed by atoms with E-state index in [4.69, 9.17) is 4.42 Å². The van der Waals surface area contributed by atoms with Crippen molar-refractivity contribution in [1.29, 1.82) is 0 Å². The van der Waals surface area contributed by atoms with Crippen LogP contribution in [0.3, 0.4) is 0 Å². The van der Waals surface area contributed by atoms with Gasteiger partial charge in [-0.2, -0.15) is 10.2 Å². The van der Waals surface area contributed by atoms with Crippen LogP contribution in [0.2, 0.25) is 0 Å². The highest BCUT2D eigenvalue weighted by atomic mass is 79.9. The summed E-state index contributed by atoms with van der Waals surface area (Å²) in [5, 5.41) is 8.63. The molecule has 0 aromatic carbocycles. The molecule has 0 aliphatic carbocycles. The monoisotopic (exact) mass is 212 g/mol. The van der Waals surface area contributed by atoms with Crippen molar-refractivity contribution < 1.29 is 4.42 Å². The fourth-order valence-electron chi connectivity index (χ4n) is 0.975. The largest absolute Gasteiger partial charge is 0.447 e. The average molecular weight is 213 g/mol. The predicted octanol–water partition coefficient (Wildman–Crippen LogP) is 2.29. The first-order chi connectivity index (χ1) is 5.27. The number of hydrogen-bond acceptors (Lipinski definition) is 3. The standard InChI is InChI=1S/C7H5BrN2O/c1-4-7-5(3-9-10-4)2-6(8)11-7/h2-3H,1H3. The van der Waals surface area contributed by atoms with Crippen LogP contribution in [-0.4, -0.2) is 10.2 Å². The van der Waals surface area contributed by atoms with Gasteiger partial charge in [-0.05, 0) is 22.9 Å². The Morgan fingerprint density at radius 3 is 3.09 bits per heavy atom. The van der Waals surface area contributed by atoms with E-state index in [0.29, 0.717) is 4.67 Å². The highest BCUT2D eigenvalue weighted by molar-refractivity contribution is 9.10. The lowest BCUT2D eigenvalue weighted by Crippen LogP contribution is -1.83. The zero-order valence-corrected chi connectivity index (χ0v) is 7.42. The number of rotatable bonds is 0. The molecule has 0 spiro atoms. The van der Waals surface area contributed by atoms with Crippen molar-refractivity contribution in [3.63, 3.8) is 0 Å². The van der Waals surface area contributed by atoms with Crippen molar-refractivity contribution >= 4 is 26.9 Å². The maximum atomic E-state index is 5.31. The molecule has 2 aromatic heterocycles. The van der Waals surface area contributed by atoms with Crippen LogP contribution in [-0.2, 0) is 0 Å². The molecule has 0 atom stereocenters. The number of aromatic nitrogens is 2. The van der Waals surface area contributed by atoms with Crippen LogP contribution >= 0.6 is 15.9 Å². The van der Waals surface area contributed by atoms with Crippen LogP contribution in [0, 0.1) is 6.92 Å². The molecule has 0 bridgehead atoms. The van der Waals surface area contributed by atoms with Crippen molar-refractivity contribution in [3.05, 3.63) is 22.6 Å². The summed E-state index contributed by atoms with van der Waals surface area (Å²) in [5.74, 6) is 0. The van der Waals surface area contributed by atoms with Gasteiger partial charge in [-0.25, -0.2) is 0 Å². The number of nitrogens with zero attached hydrogens (tertiary/aromatic N) is 2. The first kappa shape index (κ1) is 6.79. The topological polar surface area (TPSA) is 38.9 Å². The molecule has 0 N–H and O–H groups in total. The molecule has 0 aliphatic heterocycles. The number of fused-ring (bicyclic) bond motifs is 1. The molecule has 3 nitrogen and oxygen atoms in total. The zero-order valence-electron chi connectivity index (χ0n) is 5.84. The van der Waals surface area contributed by atoms with Gasteiger partial charge in [-0.1, -0.05) is 0 Å². The maximum Gasteiger partial charge on any atom is 0.170 e. The third kappa shape index (κ3) is 1.03. The second kappa shape index (κ2) is 2.30. The molecule has 0 saturated heterocycles. The lowest BCUT2D eigenvalue weighted by Gasteiger charge is -1.88. The summed E-state index contributed by atoms with van der Waals surface area (Å²) in [7, 11) is 0. The molecule has 4 heteroatoms. The van der Waals surface area contributed by atoms with Gasteiger partial charge in [0, 0.05) is 11.5 Å². The van der Waals surface area contributed by atoms with Gasteiger partial charge in [0.05, 0.1) is 6.20 Å². The van der Waals surface area contributed by atoms with E-state index < -0.39 is 0 Å². The van der Waals surface area contributed by atoms with Gasteiger partial charge in [0.2, 0.25) is 0 Å². The Morgan fingerprint density at radius 1 is 1.55 bits per heavy atom. The van der Waals surface area contributed by atoms with Crippen molar-refractivity contribution in [2.45, 2.75) is 6.92 Å². The van der Waals surface area contributed by atoms with E-state index in [2.05, 4.69) is 26.1 Å². The van der Waals surface area contributed by atoms with Crippen molar-refractivity contribution in [2.75, 3.05) is 0 Å². The van der Waals surface area contributed by atoms with Crippen LogP contribution in [0.1, 0.15) is 5.69 Å². The maximum absolute atomic E-state index is 5.31. The molecule has 56 valence electrons. The Bertz CT molecular complexity index is 396. The van der Waals surface area contributed by atoms with Gasteiger partial charge >= 0.3 is 0 Å². The molecule has 2 heterocycles. The highest BCUT2D eigenvalue weighted by Crippen LogP contribution is 2.23. The normalized spacial score (nSPS) is 10.7. The van der Waals surface area contributed by atoms with Crippen molar-refractivity contribution in [2.24, 2.45) is 0 Å². The Kier molecular flexibility index (Phi) is 1.42. The van der Waals surface area contributed by atoms with E-state index >= 15 is 0 Å². The second-order valence-corrected chi connectivity index (χ2v) is 3.05. The summed E-state index contributed by atoms with van der Waals surface area (Å²) in [6.07, 6.45) is 1.68. The Morgan fingerprint density at radius 2 is 2.36 bits per heavy atom. The minimum atomic E-state index is 0.713. The summed E-state index contributed by atoms with van der Waals surface area (Å²) in [5.41, 5.74) is 1.61. The number of aryl methyl sites for hydroxylation is 1. The van der Waals surface area contributed by atoms with Crippen LogP contribution in [0.15, 0.2) is 21.3 Å². The van der Waals surface area contributed by atoms with E-state index in [1.54, 1.807) is 6.20 Å². The fourth-order valence-corrected chi connectivity index (χ4v) is 1.38. The van der Waals surface area contributed by atoms with Gasteiger partial charge in [-0.3, -0.25) is 0 Å². The Balaban J connectivity index is 2.90. The van der Waals surface area contributed by atoms with Gasteiger partial charge < -0.3 is 4.42 Å². The first-order valence-electron chi connectivity index (χ1n) is 3.15. The quantitative estimate of drug-likeness (QED) is 0.673. The molecule has 2 rings (SSSR count). The molecule has 0 amide bonds. The fraction of sp³-hybridized carbons (Fsp3) is 0.143. The molecular formula is C7H5BrN2O. The van der Waals surface area contributed by atoms with Crippen LogP contribution in [0.25, 0.3) is 11.0 Å². The van der Waals surface area contributed by atoms with Gasteiger partial charge in [-0.15, -0.1) is 0 Å². The van der Waals surface area contributed by atoms with Crippen LogP contribution in [0.4, 0.5) is 0 Å². The summed E-state index contributed by atoms with van der Waals surface area (Å²) < 4.78 is 6.03. The van der Waals surface area contributed by atoms with E-state index in [0.717, 1.165) is 16.7 Å². The number of furan rings is 1. The van der Waals surface area contributed by atoms with Crippen molar-refractivity contribution in [1.82, 2.24) is 10.2 Å². The second-order valence-electron chi connectivity index (χ2n) is 2.26. The SMILES string of the molecule is Cc1nncc2cc(Br)oc12.